The number of aromatic nitrogens is 1. The molecule has 3 aromatic rings. The summed E-state index contributed by atoms with van der Waals surface area (Å²) < 4.78 is 28.9. The molecule has 0 bridgehead atoms. The lowest BCUT2D eigenvalue weighted by Gasteiger charge is -2.21. The number of amides is 1. The van der Waals surface area contributed by atoms with Gasteiger partial charge in [0.2, 0.25) is 15.9 Å². The van der Waals surface area contributed by atoms with E-state index in [4.69, 9.17) is 5.73 Å². The fourth-order valence-electron chi connectivity index (χ4n) is 2.84. The van der Waals surface area contributed by atoms with Crippen LogP contribution >= 0.6 is 11.3 Å². The van der Waals surface area contributed by atoms with E-state index in [-0.39, 0.29) is 10.8 Å². The van der Waals surface area contributed by atoms with Crippen LogP contribution in [0.3, 0.4) is 0 Å². The maximum atomic E-state index is 13.1. The number of carbonyl (C=O) groups is 1. The molecule has 0 aliphatic carbocycles. The Morgan fingerprint density at radius 3 is 2.37 bits per heavy atom. The maximum absolute atomic E-state index is 13.1. The number of rotatable bonds is 5. The molecule has 0 saturated carbocycles. The summed E-state index contributed by atoms with van der Waals surface area (Å²) in [5.41, 5.74) is 7.56. The lowest BCUT2D eigenvalue weighted by Crippen LogP contribution is -2.40. The Kier molecular flexibility index (Phi) is 5.98. The van der Waals surface area contributed by atoms with Gasteiger partial charge in [0.25, 0.3) is 0 Å². The minimum Gasteiger partial charge on any atom is -0.399 e. The molecule has 0 fully saturated rings. The van der Waals surface area contributed by atoms with Crippen LogP contribution in [0, 0.1) is 0 Å². The fourth-order valence-corrected chi connectivity index (χ4v) is 5.52. The van der Waals surface area contributed by atoms with Crippen LogP contribution in [0.15, 0.2) is 53.6 Å². The monoisotopic (exact) mass is 444 g/mol. The molecule has 0 saturated heterocycles. The summed E-state index contributed by atoms with van der Waals surface area (Å²) >= 11 is 1.38. The molecule has 0 unspecified atom stereocenters. The molecule has 1 aromatic heterocycles. The Morgan fingerprint density at radius 2 is 1.77 bits per heavy atom. The Hall–Kier alpha value is -2.75. The van der Waals surface area contributed by atoms with E-state index in [0.29, 0.717) is 21.9 Å². The third-order valence-electron chi connectivity index (χ3n) is 3.96. The fraction of sp³-hybridized carbons (Fsp3) is 0.238. The van der Waals surface area contributed by atoms with E-state index in [0.717, 1.165) is 10.4 Å². The van der Waals surface area contributed by atoms with Crippen molar-refractivity contribution in [1.29, 1.82) is 0 Å². The molecule has 158 valence electrons. The van der Waals surface area contributed by atoms with Gasteiger partial charge in [-0.05, 0) is 56.7 Å². The topological polar surface area (TPSA) is 114 Å². The number of carbonyl (C=O) groups excluding carboxylic acids is 1. The quantitative estimate of drug-likeness (QED) is 0.513. The zero-order chi connectivity index (χ0) is 22.1. The van der Waals surface area contributed by atoms with Crippen LogP contribution in [-0.2, 0) is 14.8 Å². The van der Waals surface area contributed by atoms with Crippen LogP contribution < -0.4 is 15.8 Å². The predicted octanol–water partition coefficient (Wildman–Crippen LogP) is 4.09. The van der Waals surface area contributed by atoms with Crippen molar-refractivity contribution in [3.8, 4) is 21.0 Å². The second-order valence-electron chi connectivity index (χ2n) is 7.90. The third-order valence-corrected chi connectivity index (χ3v) is 6.84. The largest absolute Gasteiger partial charge is 0.399 e. The van der Waals surface area contributed by atoms with E-state index < -0.39 is 15.6 Å². The summed E-state index contributed by atoms with van der Waals surface area (Å²) in [7, 11) is -3.87. The van der Waals surface area contributed by atoms with Crippen molar-refractivity contribution in [2.24, 2.45) is 0 Å². The van der Waals surface area contributed by atoms with E-state index in [2.05, 4.69) is 15.0 Å². The Balaban J connectivity index is 2.10. The summed E-state index contributed by atoms with van der Waals surface area (Å²) in [4.78, 5) is 16.8. The molecule has 1 heterocycles. The first-order valence-corrected chi connectivity index (χ1v) is 11.5. The van der Waals surface area contributed by atoms with E-state index in [1.807, 2.05) is 12.1 Å². The maximum Gasteiger partial charge on any atom is 0.241 e. The van der Waals surface area contributed by atoms with Crippen LogP contribution in [0.5, 0.6) is 0 Å². The highest BCUT2D eigenvalue weighted by Crippen LogP contribution is 2.36. The molecule has 0 aliphatic heterocycles. The van der Waals surface area contributed by atoms with Gasteiger partial charge in [0, 0.05) is 35.6 Å². The number of hydrogen-bond donors (Lipinski definition) is 3. The minimum atomic E-state index is -3.87. The van der Waals surface area contributed by atoms with E-state index in [1.165, 1.54) is 24.3 Å². The summed E-state index contributed by atoms with van der Waals surface area (Å²) in [5, 5.41) is 3.20. The molecule has 30 heavy (non-hydrogen) atoms. The normalized spacial score (nSPS) is 12.0. The molecule has 1 amide bonds. The number of thiazole rings is 1. The number of benzene rings is 2. The molecule has 0 aliphatic rings. The second kappa shape index (κ2) is 8.17. The SMILES string of the molecule is CC(=O)Nc1ccc(-c2ncc(-c3ccc(N)cc3)s2)c(S(=O)(=O)NC(C)(C)C)c1. The van der Waals surface area contributed by atoms with Gasteiger partial charge >= 0.3 is 0 Å². The molecule has 7 nitrogen and oxygen atoms in total. The lowest BCUT2D eigenvalue weighted by atomic mass is 10.1. The summed E-state index contributed by atoms with van der Waals surface area (Å²) in [6.07, 6.45) is 1.71. The molecule has 0 spiro atoms. The highest BCUT2D eigenvalue weighted by atomic mass is 32.2. The number of sulfonamides is 1. The van der Waals surface area contributed by atoms with Crippen molar-refractivity contribution in [3.05, 3.63) is 48.7 Å². The highest BCUT2D eigenvalue weighted by molar-refractivity contribution is 7.89. The predicted molar refractivity (Wildman–Crippen MR) is 122 cm³/mol. The van der Waals surface area contributed by atoms with Gasteiger partial charge in [-0.25, -0.2) is 18.1 Å². The second-order valence-corrected chi connectivity index (χ2v) is 10.6. The first kappa shape index (κ1) is 21.9. The van der Waals surface area contributed by atoms with E-state index >= 15 is 0 Å². The van der Waals surface area contributed by atoms with Crippen LogP contribution in [0.2, 0.25) is 0 Å². The molecule has 9 heteroatoms. The molecular weight excluding hydrogens is 420 g/mol. The molecule has 2 aromatic carbocycles. The van der Waals surface area contributed by atoms with Crippen molar-refractivity contribution >= 4 is 38.6 Å². The summed E-state index contributed by atoms with van der Waals surface area (Å²) in [5.74, 6) is -0.283. The molecular formula is C21H24N4O3S2. The average Bonchev–Trinajstić information content (AvgIpc) is 3.09. The first-order valence-electron chi connectivity index (χ1n) is 9.22. The van der Waals surface area contributed by atoms with Crippen LogP contribution in [0.25, 0.3) is 21.0 Å². The Bertz CT molecular complexity index is 1180. The molecule has 0 atom stereocenters. The van der Waals surface area contributed by atoms with Gasteiger partial charge in [-0.2, -0.15) is 0 Å². The zero-order valence-electron chi connectivity index (χ0n) is 17.2. The molecule has 0 radical (unpaired) electrons. The van der Waals surface area contributed by atoms with Crippen molar-refractivity contribution in [1.82, 2.24) is 9.71 Å². The van der Waals surface area contributed by atoms with Crippen LogP contribution in [0.1, 0.15) is 27.7 Å². The van der Waals surface area contributed by atoms with Gasteiger partial charge in [0.15, 0.2) is 0 Å². The Labute approximate surface area is 180 Å². The number of nitrogens with zero attached hydrogens (tertiary/aromatic N) is 1. The smallest absolute Gasteiger partial charge is 0.241 e. The van der Waals surface area contributed by atoms with Gasteiger partial charge in [-0.1, -0.05) is 12.1 Å². The zero-order valence-corrected chi connectivity index (χ0v) is 18.8. The van der Waals surface area contributed by atoms with Crippen molar-refractivity contribution < 1.29 is 13.2 Å². The molecule has 3 rings (SSSR count). The summed E-state index contributed by atoms with van der Waals surface area (Å²) in [6.45, 7) is 6.68. The standard InChI is InChI=1S/C21H24N4O3S2/c1-13(26)24-16-9-10-17(19(11-16)30(27,28)25-21(2,3)4)20-23-12-18(29-20)14-5-7-15(22)8-6-14/h5-12,25H,22H2,1-4H3,(H,24,26). The summed E-state index contributed by atoms with van der Waals surface area (Å²) in [6, 6.07) is 12.2. The van der Waals surface area contributed by atoms with Gasteiger partial charge in [-0.15, -0.1) is 11.3 Å². The van der Waals surface area contributed by atoms with E-state index in [9.17, 15) is 13.2 Å². The highest BCUT2D eigenvalue weighted by Gasteiger charge is 2.26. The molecule has 4 N–H and O–H groups in total. The number of nitrogen functional groups attached to an aromatic ring is 1. The van der Waals surface area contributed by atoms with Crippen molar-refractivity contribution in [2.45, 2.75) is 38.1 Å². The minimum absolute atomic E-state index is 0.0573. The lowest BCUT2D eigenvalue weighted by molar-refractivity contribution is -0.114. The number of nitrogens with one attached hydrogen (secondary N) is 2. The Morgan fingerprint density at radius 1 is 1.10 bits per heavy atom. The van der Waals surface area contributed by atoms with E-state index in [1.54, 1.807) is 51.2 Å². The van der Waals surface area contributed by atoms with Crippen LogP contribution in [0.4, 0.5) is 11.4 Å². The van der Waals surface area contributed by atoms with Crippen molar-refractivity contribution in [3.63, 3.8) is 0 Å². The van der Waals surface area contributed by atoms with Gasteiger partial charge < -0.3 is 11.1 Å². The van der Waals surface area contributed by atoms with Gasteiger partial charge in [-0.3, -0.25) is 4.79 Å². The number of hydrogen-bond acceptors (Lipinski definition) is 6. The third kappa shape index (κ3) is 5.24. The number of nitrogens with two attached hydrogens (primary N) is 1. The average molecular weight is 445 g/mol. The van der Waals surface area contributed by atoms with Gasteiger partial charge in [0.1, 0.15) is 5.01 Å². The van der Waals surface area contributed by atoms with Crippen molar-refractivity contribution in [2.75, 3.05) is 11.1 Å². The van der Waals surface area contributed by atoms with Crippen LogP contribution in [-0.4, -0.2) is 24.8 Å². The first-order chi connectivity index (χ1) is 13.9. The number of anilines is 2. The van der Waals surface area contributed by atoms with Gasteiger partial charge in [0.05, 0.1) is 9.77 Å².